The van der Waals surface area contributed by atoms with Crippen molar-refractivity contribution in [2.24, 2.45) is 0 Å². The molecule has 0 saturated heterocycles. The zero-order chi connectivity index (χ0) is 25.2. The van der Waals surface area contributed by atoms with E-state index < -0.39 is 0 Å². The Morgan fingerprint density at radius 2 is 1.79 bits per heavy atom. The van der Waals surface area contributed by atoms with Crippen LogP contribution in [0.5, 0.6) is 5.88 Å². The van der Waals surface area contributed by atoms with Gasteiger partial charge in [-0.1, -0.05) is 69.7 Å². The lowest BCUT2D eigenvalue weighted by Gasteiger charge is -2.24. The molecule has 0 radical (unpaired) electrons. The number of aromatic nitrogens is 1. The van der Waals surface area contributed by atoms with E-state index in [0.717, 1.165) is 56.6 Å². The summed E-state index contributed by atoms with van der Waals surface area (Å²) in [6.45, 7) is 13.9. The second-order valence-electron chi connectivity index (χ2n) is 8.08. The lowest BCUT2D eigenvalue weighted by molar-refractivity contribution is 0.296. The van der Waals surface area contributed by atoms with Crippen LogP contribution in [0.1, 0.15) is 64.5 Å². The predicted molar refractivity (Wildman–Crippen MR) is 148 cm³/mol. The standard InChI is InChI=1S/C18H30N4O.C8H9N.C2H6/c1-3-10-22(11-4-2)16-13-17(19)21-18(14-16)23-12-9-20-15-7-5-6-8-15;1-7-3-2-4-8(5-7)6-9;1-2/h5-6,13-15,20H,3-4,7-12H2,1-2H3,(H2,19,21);2-6,9H,1H3;1-2H3. The fraction of sp³-hybridized carbons (Fsp3) is 0.500. The molecule has 0 atom stereocenters. The molecule has 0 fully saturated rings. The van der Waals surface area contributed by atoms with Crippen molar-refractivity contribution in [3.05, 3.63) is 59.7 Å². The van der Waals surface area contributed by atoms with Gasteiger partial charge in [-0.2, -0.15) is 4.98 Å². The van der Waals surface area contributed by atoms with E-state index in [0.29, 0.717) is 24.3 Å². The average molecular weight is 468 g/mol. The molecule has 1 aromatic carbocycles. The van der Waals surface area contributed by atoms with Gasteiger partial charge in [0.05, 0.1) is 0 Å². The van der Waals surface area contributed by atoms with Gasteiger partial charge < -0.3 is 26.1 Å². The molecule has 0 spiro atoms. The molecule has 2 aromatic rings. The first-order valence-electron chi connectivity index (χ1n) is 12.7. The number of nitrogens with one attached hydrogen (secondary N) is 2. The molecule has 1 heterocycles. The molecule has 0 aliphatic heterocycles. The lowest BCUT2D eigenvalue weighted by Crippen LogP contribution is -2.30. The molecule has 6 nitrogen and oxygen atoms in total. The molecule has 6 heteroatoms. The fourth-order valence-corrected chi connectivity index (χ4v) is 3.64. The average Bonchev–Trinajstić information content (AvgIpc) is 3.37. The van der Waals surface area contributed by atoms with Crippen LogP contribution < -0.4 is 20.7 Å². The van der Waals surface area contributed by atoms with Gasteiger partial charge in [0, 0.05) is 49.7 Å². The number of anilines is 2. The molecule has 0 bridgehead atoms. The van der Waals surface area contributed by atoms with Crippen LogP contribution in [0.15, 0.2) is 48.6 Å². The van der Waals surface area contributed by atoms with E-state index >= 15 is 0 Å². The summed E-state index contributed by atoms with van der Waals surface area (Å²) < 4.78 is 5.79. The van der Waals surface area contributed by atoms with Gasteiger partial charge in [0.2, 0.25) is 5.88 Å². The maximum absolute atomic E-state index is 6.92. The smallest absolute Gasteiger partial charge is 0.217 e. The summed E-state index contributed by atoms with van der Waals surface area (Å²) in [5.41, 5.74) is 9.22. The summed E-state index contributed by atoms with van der Waals surface area (Å²) in [6.07, 6.45) is 10.2. The number of hydrogen-bond donors (Lipinski definition) is 3. The summed E-state index contributed by atoms with van der Waals surface area (Å²) in [5, 5.41) is 10.4. The first-order chi connectivity index (χ1) is 16.5. The van der Waals surface area contributed by atoms with Crippen LogP contribution in [0.4, 0.5) is 11.5 Å². The van der Waals surface area contributed by atoms with Gasteiger partial charge in [-0.05, 0) is 38.2 Å². The minimum absolute atomic E-state index is 0.516. The second kappa shape index (κ2) is 17.6. The number of aryl methyl sites for hydroxylation is 1. The van der Waals surface area contributed by atoms with Crippen molar-refractivity contribution >= 4 is 17.7 Å². The Balaban J connectivity index is 0.000000437. The van der Waals surface area contributed by atoms with E-state index in [1.54, 1.807) is 0 Å². The van der Waals surface area contributed by atoms with Crippen molar-refractivity contribution < 1.29 is 4.74 Å². The van der Waals surface area contributed by atoms with Crippen LogP contribution >= 0.6 is 0 Å². The van der Waals surface area contributed by atoms with Gasteiger partial charge in [0.15, 0.2) is 0 Å². The molecule has 188 valence electrons. The monoisotopic (exact) mass is 467 g/mol. The van der Waals surface area contributed by atoms with Crippen LogP contribution in [0.25, 0.3) is 0 Å². The number of rotatable bonds is 11. The summed E-state index contributed by atoms with van der Waals surface area (Å²) >= 11 is 0. The van der Waals surface area contributed by atoms with Crippen molar-refractivity contribution in [2.75, 3.05) is 36.9 Å². The second-order valence-corrected chi connectivity index (χ2v) is 8.08. The number of ether oxygens (including phenoxy) is 1. The Bertz CT molecular complexity index is 838. The highest BCUT2D eigenvalue weighted by atomic mass is 16.5. The first kappa shape index (κ1) is 29.2. The number of pyridine rings is 1. The Morgan fingerprint density at radius 3 is 2.35 bits per heavy atom. The molecule has 1 aromatic heterocycles. The van der Waals surface area contributed by atoms with Crippen LogP contribution in [0.3, 0.4) is 0 Å². The van der Waals surface area contributed by atoms with Gasteiger partial charge in [0.1, 0.15) is 12.4 Å². The SMILES string of the molecule is CC.CCCN(CCC)c1cc(N)nc(OCCNC2CC=CC2)c1.Cc1cccc(C=N)c1. The lowest BCUT2D eigenvalue weighted by atomic mass is 10.2. The Hall–Kier alpha value is -2.86. The largest absolute Gasteiger partial charge is 0.476 e. The highest BCUT2D eigenvalue weighted by molar-refractivity contribution is 5.76. The summed E-state index contributed by atoms with van der Waals surface area (Å²) in [4.78, 5) is 6.64. The van der Waals surface area contributed by atoms with Crippen LogP contribution in [-0.2, 0) is 0 Å². The van der Waals surface area contributed by atoms with Crippen LogP contribution in [0, 0.1) is 12.3 Å². The maximum atomic E-state index is 6.92. The van der Waals surface area contributed by atoms with E-state index in [-0.39, 0.29) is 0 Å². The van der Waals surface area contributed by atoms with Crippen molar-refractivity contribution in [1.82, 2.24) is 10.3 Å². The van der Waals surface area contributed by atoms with E-state index in [4.69, 9.17) is 15.9 Å². The number of nitrogens with zero attached hydrogens (tertiary/aromatic N) is 2. The highest BCUT2D eigenvalue weighted by Crippen LogP contribution is 2.23. The molecule has 0 saturated carbocycles. The van der Waals surface area contributed by atoms with Crippen molar-refractivity contribution in [3.63, 3.8) is 0 Å². The molecule has 4 N–H and O–H groups in total. The number of benzene rings is 1. The van der Waals surface area contributed by atoms with Crippen molar-refractivity contribution in [3.8, 4) is 5.88 Å². The van der Waals surface area contributed by atoms with E-state index in [1.807, 2.05) is 57.2 Å². The zero-order valence-electron chi connectivity index (χ0n) is 21.8. The highest BCUT2D eigenvalue weighted by Gasteiger charge is 2.10. The maximum Gasteiger partial charge on any atom is 0.217 e. The van der Waals surface area contributed by atoms with Gasteiger partial charge in [0.25, 0.3) is 0 Å². The quantitative estimate of drug-likeness (QED) is 0.214. The van der Waals surface area contributed by atoms with E-state index in [1.165, 1.54) is 11.8 Å². The fourth-order valence-electron chi connectivity index (χ4n) is 3.64. The molecule has 1 aliphatic carbocycles. The number of hydrogen-bond acceptors (Lipinski definition) is 6. The summed E-state index contributed by atoms with van der Waals surface area (Å²) in [6, 6.07) is 12.4. The van der Waals surface area contributed by atoms with Gasteiger partial charge in [-0.25, -0.2) is 0 Å². The Labute approximate surface area is 207 Å². The van der Waals surface area contributed by atoms with Gasteiger partial charge >= 0.3 is 0 Å². The number of nitrogen functional groups attached to an aromatic ring is 1. The Morgan fingerprint density at radius 1 is 1.12 bits per heavy atom. The molecule has 0 amide bonds. The van der Waals surface area contributed by atoms with Crippen molar-refractivity contribution in [1.29, 1.82) is 5.41 Å². The molecule has 3 rings (SSSR count). The third-order valence-corrected chi connectivity index (χ3v) is 5.16. The summed E-state index contributed by atoms with van der Waals surface area (Å²) in [5.74, 6) is 1.13. The van der Waals surface area contributed by atoms with E-state index in [2.05, 4.69) is 41.2 Å². The zero-order valence-corrected chi connectivity index (χ0v) is 21.8. The van der Waals surface area contributed by atoms with Gasteiger partial charge in [-0.3, -0.25) is 0 Å². The first-order valence-corrected chi connectivity index (χ1v) is 12.7. The molecule has 34 heavy (non-hydrogen) atoms. The van der Waals surface area contributed by atoms with Crippen LogP contribution in [0.2, 0.25) is 0 Å². The normalized spacial score (nSPS) is 12.3. The van der Waals surface area contributed by atoms with Crippen LogP contribution in [-0.4, -0.2) is 43.5 Å². The minimum atomic E-state index is 0.516. The third kappa shape index (κ3) is 11.3. The molecule has 1 aliphatic rings. The predicted octanol–water partition coefficient (Wildman–Crippen LogP) is 6.00. The topological polar surface area (TPSA) is 87.3 Å². The minimum Gasteiger partial charge on any atom is -0.476 e. The molecular weight excluding hydrogens is 422 g/mol. The number of nitrogens with two attached hydrogens (primary N) is 1. The van der Waals surface area contributed by atoms with Crippen molar-refractivity contribution in [2.45, 2.75) is 66.3 Å². The molecular formula is C28H45N5O. The third-order valence-electron chi connectivity index (χ3n) is 5.16. The summed E-state index contributed by atoms with van der Waals surface area (Å²) in [7, 11) is 0. The van der Waals surface area contributed by atoms with E-state index in [9.17, 15) is 0 Å². The Kier molecular flexibility index (Phi) is 15.1. The molecule has 0 unspecified atom stereocenters. The van der Waals surface area contributed by atoms with Gasteiger partial charge in [-0.15, -0.1) is 0 Å².